The molecule has 0 atom stereocenters. The number of hydrogen-bond acceptors (Lipinski definition) is 4. The number of nitrogens with zero attached hydrogens (tertiary/aromatic N) is 2. The molecule has 2 aromatic carbocycles. The number of hydrogen-bond donors (Lipinski definition) is 2. The highest BCUT2D eigenvalue weighted by atomic mass is 79.9. The fourth-order valence-electron chi connectivity index (χ4n) is 2.53. The summed E-state index contributed by atoms with van der Waals surface area (Å²) in [4.78, 5) is 11.1. The van der Waals surface area contributed by atoms with E-state index in [2.05, 4.69) is 31.1 Å². The molecular formula is C19H19BrN4O3S. The van der Waals surface area contributed by atoms with Gasteiger partial charge in [0, 0.05) is 18.8 Å². The van der Waals surface area contributed by atoms with Crippen LogP contribution in [0.4, 0.5) is 11.5 Å². The largest absolute Gasteiger partial charge is 0.326 e. The van der Waals surface area contributed by atoms with Gasteiger partial charge in [-0.2, -0.15) is 5.10 Å². The minimum absolute atomic E-state index is 0.0709. The van der Waals surface area contributed by atoms with E-state index >= 15 is 0 Å². The van der Waals surface area contributed by atoms with Crippen LogP contribution in [0.5, 0.6) is 0 Å². The number of nitrogens with one attached hydrogen (secondary N) is 2. The van der Waals surface area contributed by atoms with Gasteiger partial charge >= 0.3 is 0 Å². The number of sulfonamides is 1. The van der Waals surface area contributed by atoms with Crippen LogP contribution in [0.3, 0.4) is 0 Å². The Morgan fingerprint density at radius 2 is 1.75 bits per heavy atom. The molecule has 146 valence electrons. The molecule has 0 unspecified atom stereocenters. The topological polar surface area (TPSA) is 93.1 Å². The van der Waals surface area contributed by atoms with Crippen molar-refractivity contribution >= 4 is 43.4 Å². The van der Waals surface area contributed by atoms with E-state index in [0.717, 1.165) is 5.56 Å². The first-order valence-corrected chi connectivity index (χ1v) is 10.7. The van der Waals surface area contributed by atoms with Crippen molar-refractivity contribution in [3.63, 3.8) is 0 Å². The Morgan fingerprint density at radius 1 is 1.11 bits per heavy atom. The summed E-state index contributed by atoms with van der Waals surface area (Å²) >= 11 is 3.35. The molecule has 3 rings (SSSR count). The quantitative estimate of drug-likeness (QED) is 0.582. The van der Waals surface area contributed by atoms with Crippen LogP contribution < -0.4 is 10.0 Å². The molecule has 1 heterocycles. The first-order chi connectivity index (χ1) is 13.2. The van der Waals surface area contributed by atoms with Gasteiger partial charge in [0.05, 0.1) is 15.9 Å². The summed E-state index contributed by atoms with van der Waals surface area (Å²) in [5, 5.41) is 6.91. The molecule has 0 saturated heterocycles. The molecule has 0 radical (unpaired) electrons. The van der Waals surface area contributed by atoms with Crippen molar-refractivity contribution in [3.8, 4) is 0 Å². The minimum Gasteiger partial charge on any atom is -0.326 e. The van der Waals surface area contributed by atoms with Crippen LogP contribution in [-0.4, -0.2) is 24.1 Å². The fourth-order valence-corrected chi connectivity index (χ4v) is 4.10. The van der Waals surface area contributed by atoms with Crippen molar-refractivity contribution in [2.75, 3.05) is 10.0 Å². The van der Waals surface area contributed by atoms with E-state index in [9.17, 15) is 13.2 Å². The van der Waals surface area contributed by atoms with E-state index < -0.39 is 10.0 Å². The summed E-state index contributed by atoms with van der Waals surface area (Å²) in [5.41, 5.74) is 2.75. The van der Waals surface area contributed by atoms with Gasteiger partial charge in [-0.15, -0.1) is 0 Å². The summed E-state index contributed by atoms with van der Waals surface area (Å²) in [7, 11) is -3.81. The molecule has 3 aromatic rings. The van der Waals surface area contributed by atoms with E-state index in [1.54, 1.807) is 10.9 Å². The Bertz CT molecular complexity index is 1090. The predicted octanol–water partition coefficient (Wildman–Crippen LogP) is 3.76. The van der Waals surface area contributed by atoms with Crippen molar-refractivity contribution in [2.45, 2.75) is 25.3 Å². The van der Waals surface area contributed by atoms with Gasteiger partial charge in [-0.05, 0) is 52.7 Å². The van der Waals surface area contributed by atoms with Crippen molar-refractivity contribution in [3.05, 3.63) is 70.3 Å². The maximum absolute atomic E-state index is 12.6. The lowest BCUT2D eigenvalue weighted by molar-refractivity contribution is -0.114. The Labute approximate surface area is 172 Å². The van der Waals surface area contributed by atoms with Crippen molar-refractivity contribution in [2.24, 2.45) is 0 Å². The summed E-state index contributed by atoms with van der Waals surface area (Å²) in [6.45, 7) is 3.92. The van der Waals surface area contributed by atoms with Crippen LogP contribution in [0.25, 0.3) is 0 Å². The molecule has 2 N–H and O–H groups in total. The Kier molecular flexibility index (Phi) is 5.85. The highest BCUT2D eigenvalue weighted by Gasteiger charge is 2.18. The zero-order valence-corrected chi connectivity index (χ0v) is 17.7. The van der Waals surface area contributed by atoms with Gasteiger partial charge in [0.25, 0.3) is 10.0 Å². The molecule has 0 aliphatic carbocycles. The van der Waals surface area contributed by atoms with Gasteiger partial charge in [0.1, 0.15) is 0 Å². The number of benzene rings is 2. The number of halogens is 1. The molecule has 0 bridgehead atoms. The molecule has 1 aromatic heterocycles. The zero-order valence-electron chi connectivity index (χ0n) is 15.3. The average molecular weight is 463 g/mol. The van der Waals surface area contributed by atoms with Crippen LogP contribution in [-0.2, 0) is 21.4 Å². The Hall–Kier alpha value is -2.65. The standard InChI is InChI=1S/C19H19BrN4O3S/c1-13-3-5-15(6-4-13)11-24-12-18(20)19(22-24)23-28(26,27)17-9-7-16(8-10-17)21-14(2)25/h3-10,12H,11H2,1-2H3,(H,21,25)(H,22,23). The molecule has 0 fully saturated rings. The molecule has 7 nitrogen and oxygen atoms in total. The average Bonchev–Trinajstić information content (AvgIpc) is 2.95. The normalized spacial score (nSPS) is 11.2. The number of anilines is 2. The van der Waals surface area contributed by atoms with Gasteiger partial charge in [-0.1, -0.05) is 29.8 Å². The smallest absolute Gasteiger partial charge is 0.263 e. The third kappa shape index (κ3) is 4.99. The van der Waals surface area contributed by atoms with Gasteiger partial charge in [-0.25, -0.2) is 8.42 Å². The zero-order chi connectivity index (χ0) is 20.3. The maximum atomic E-state index is 12.6. The second kappa shape index (κ2) is 8.15. The van der Waals surface area contributed by atoms with Gasteiger partial charge in [0.15, 0.2) is 5.82 Å². The van der Waals surface area contributed by atoms with Crippen molar-refractivity contribution < 1.29 is 13.2 Å². The number of amides is 1. The lowest BCUT2D eigenvalue weighted by atomic mass is 10.1. The third-order valence-corrected chi connectivity index (χ3v) is 5.83. The summed E-state index contributed by atoms with van der Waals surface area (Å²) < 4.78 is 29.9. The van der Waals surface area contributed by atoms with Gasteiger partial charge < -0.3 is 5.32 Å². The molecule has 1 amide bonds. The van der Waals surface area contributed by atoms with E-state index in [0.29, 0.717) is 16.7 Å². The number of carbonyl (C=O) groups is 1. The summed E-state index contributed by atoms with van der Waals surface area (Å²) in [6.07, 6.45) is 1.72. The number of aromatic nitrogens is 2. The molecule has 0 spiro atoms. The first kappa shape index (κ1) is 20.1. The van der Waals surface area contributed by atoms with E-state index in [1.807, 2.05) is 31.2 Å². The molecule has 0 aliphatic heterocycles. The first-order valence-electron chi connectivity index (χ1n) is 8.42. The number of carbonyl (C=O) groups excluding carboxylic acids is 1. The monoisotopic (exact) mass is 462 g/mol. The minimum atomic E-state index is -3.81. The van der Waals surface area contributed by atoms with E-state index in [4.69, 9.17) is 0 Å². The van der Waals surface area contributed by atoms with Gasteiger partial charge in [-0.3, -0.25) is 14.2 Å². The maximum Gasteiger partial charge on any atom is 0.263 e. The van der Waals surface area contributed by atoms with Crippen LogP contribution >= 0.6 is 15.9 Å². The lowest BCUT2D eigenvalue weighted by Crippen LogP contribution is -2.14. The predicted molar refractivity (Wildman–Crippen MR) is 112 cm³/mol. The highest BCUT2D eigenvalue weighted by molar-refractivity contribution is 9.10. The lowest BCUT2D eigenvalue weighted by Gasteiger charge is -2.08. The van der Waals surface area contributed by atoms with Gasteiger partial charge in [0.2, 0.25) is 5.91 Å². The second-order valence-electron chi connectivity index (χ2n) is 6.32. The van der Waals surface area contributed by atoms with Crippen molar-refractivity contribution in [1.29, 1.82) is 0 Å². The van der Waals surface area contributed by atoms with E-state index in [1.165, 1.54) is 36.8 Å². The molecule has 0 saturated carbocycles. The Balaban J connectivity index is 1.76. The van der Waals surface area contributed by atoms with Crippen molar-refractivity contribution in [1.82, 2.24) is 9.78 Å². The Morgan fingerprint density at radius 3 is 2.36 bits per heavy atom. The molecule has 0 aliphatic rings. The third-order valence-electron chi connectivity index (χ3n) is 3.90. The number of aryl methyl sites for hydroxylation is 1. The van der Waals surface area contributed by atoms with Crippen LogP contribution in [0, 0.1) is 6.92 Å². The second-order valence-corrected chi connectivity index (χ2v) is 8.86. The fraction of sp³-hybridized carbons (Fsp3) is 0.158. The molecule has 28 heavy (non-hydrogen) atoms. The SMILES string of the molecule is CC(=O)Nc1ccc(S(=O)(=O)Nc2nn(Cc3ccc(C)cc3)cc2Br)cc1. The van der Waals surface area contributed by atoms with E-state index in [-0.39, 0.29) is 16.6 Å². The molecule has 9 heteroatoms. The van der Waals surface area contributed by atoms with Crippen LogP contribution in [0.1, 0.15) is 18.1 Å². The van der Waals surface area contributed by atoms with Crippen LogP contribution in [0.2, 0.25) is 0 Å². The van der Waals surface area contributed by atoms with Crippen LogP contribution in [0.15, 0.2) is 64.1 Å². The highest BCUT2D eigenvalue weighted by Crippen LogP contribution is 2.24. The molecular weight excluding hydrogens is 444 g/mol. The summed E-state index contributed by atoms with van der Waals surface area (Å²) in [5.74, 6) is -0.0187. The summed E-state index contributed by atoms with van der Waals surface area (Å²) in [6, 6.07) is 13.9. The number of rotatable bonds is 6.